The summed E-state index contributed by atoms with van der Waals surface area (Å²) in [5.74, 6) is 0.238. The summed E-state index contributed by atoms with van der Waals surface area (Å²) >= 11 is 6.03. The van der Waals surface area contributed by atoms with Gasteiger partial charge in [-0.25, -0.2) is 0 Å². The van der Waals surface area contributed by atoms with Crippen molar-refractivity contribution in [3.63, 3.8) is 0 Å². The first kappa shape index (κ1) is 11.7. The number of hydrogen-bond donors (Lipinski definition) is 2. The number of nitrogens with one attached hydrogen (secondary N) is 1. The Bertz CT molecular complexity index is 355. The molecule has 1 fully saturated rings. The first-order valence-electron chi connectivity index (χ1n) is 5.40. The van der Waals surface area contributed by atoms with Gasteiger partial charge in [-0.2, -0.15) is 0 Å². The SMILES string of the molecule is CC1(NCc2c(O)cccc2Cl)CCOC1. The molecule has 1 aromatic carbocycles. The molecule has 4 heteroatoms. The maximum atomic E-state index is 9.69. The Morgan fingerprint density at radius 1 is 1.56 bits per heavy atom. The molecule has 1 aromatic rings. The number of aromatic hydroxyl groups is 1. The van der Waals surface area contributed by atoms with E-state index >= 15 is 0 Å². The van der Waals surface area contributed by atoms with Crippen molar-refractivity contribution in [2.45, 2.75) is 25.4 Å². The van der Waals surface area contributed by atoms with E-state index in [2.05, 4.69) is 12.2 Å². The van der Waals surface area contributed by atoms with Crippen molar-refractivity contribution >= 4 is 11.6 Å². The fourth-order valence-electron chi connectivity index (χ4n) is 1.83. The standard InChI is InChI=1S/C12H16ClNO2/c1-12(5-6-16-8-12)14-7-9-10(13)3-2-4-11(9)15/h2-4,14-15H,5-8H2,1H3. The molecule has 0 aromatic heterocycles. The zero-order valence-corrected chi connectivity index (χ0v) is 10.0. The molecule has 0 spiro atoms. The molecule has 88 valence electrons. The van der Waals surface area contributed by atoms with Crippen LogP contribution in [0.1, 0.15) is 18.9 Å². The van der Waals surface area contributed by atoms with Crippen LogP contribution in [-0.2, 0) is 11.3 Å². The third-order valence-corrected chi connectivity index (χ3v) is 3.36. The van der Waals surface area contributed by atoms with Crippen LogP contribution in [0.3, 0.4) is 0 Å². The molecule has 0 radical (unpaired) electrons. The highest BCUT2D eigenvalue weighted by Gasteiger charge is 2.29. The zero-order chi connectivity index (χ0) is 11.6. The topological polar surface area (TPSA) is 41.5 Å². The second-order valence-electron chi connectivity index (χ2n) is 4.45. The molecule has 0 saturated carbocycles. The molecule has 1 aliphatic heterocycles. The van der Waals surface area contributed by atoms with E-state index in [1.807, 2.05) is 0 Å². The lowest BCUT2D eigenvalue weighted by atomic mass is 10.0. The molecule has 1 aliphatic rings. The summed E-state index contributed by atoms with van der Waals surface area (Å²) in [5, 5.41) is 13.7. The van der Waals surface area contributed by atoms with Crippen LogP contribution < -0.4 is 5.32 Å². The van der Waals surface area contributed by atoms with Gasteiger partial charge in [-0.1, -0.05) is 17.7 Å². The number of benzene rings is 1. The highest BCUT2D eigenvalue weighted by atomic mass is 35.5. The predicted octanol–water partition coefficient (Wildman–Crippen LogP) is 2.31. The summed E-state index contributed by atoms with van der Waals surface area (Å²) in [5.41, 5.74) is 0.739. The molecule has 0 bridgehead atoms. The number of halogens is 1. The number of phenols is 1. The smallest absolute Gasteiger partial charge is 0.121 e. The summed E-state index contributed by atoms with van der Waals surface area (Å²) in [6.45, 7) is 4.18. The van der Waals surface area contributed by atoms with Crippen molar-refractivity contribution in [3.05, 3.63) is 28.8 Å². The lowest BCUT2D eigenvalue weighted by molar-refractivity contribution is 0.171. The Kier molecular flexibility index (Phi) is 3.38. The van der Waals surface area contributed by atoms with Crippen molar-refractivity contribution < 1.29 is 9.84 Å². The van der Waals surface area contributed by atoms with Gasteiger partial charge in [0.2, 0.25) is 0 Å². The number of rotatable bonds is 3. The van der Waals surface area contributed by atoms with Crippen LogP contribution in [0.2, 0.25) is 5.02 Å². The monoisotopic (exact) mass is 241 g/mol. The van der Waals surface area contributed by atoms with Crippen LogP contribution in [-0.4, -0.2) is 23.9 Å². The molecule has 16 heavy (non-hydrogen) atoms. The van der Waals surface area contributed by atoms with E-state index in [0.717, 1.165) is 18.6 Å². The predicted molar refractivity (Wildman–Crippen MR) is 63.8 cm³/mol. The Labute approximate surface area is 100 Å². The van der Waals surface area contributed by atoms with Crippen LogP contribution in [0, 0.1) is 0 Å². The molecule has 2 rings (SSSR count). The van der Waals surface area contributed by atoms with Crippen LogP contribution in [0.15, 0.2) is 18.2 Å². The van der Waals surface area contributed by atoms with Crippen LogP contribution in [0.4, 0.5) is 0 Å². The van der Waals surface area contributed by atoms with Gasteiger partial charge >= 0.3 is 0 Å². The Morgan fingerprint density at radius 3 is 3.00 bits per heavy atom. The minimum Gasteiger partial charge on any atom is -0.508 e. The lowest BCUT2D eigenvalue weighted by Crippen LogP contribution is -2.42. The fraction of sp³-hybridized carbons (Fsp3) is 0.500. The van der Waals surface area contributed by atoms with Crippen LogP contribution in [0.25, 0.3) is 0 Å². The van der Waals surface area contributed by atoms with E-state index in [1.165, 1.54) is 0 Å². The third-order valence-electron chi connectivity index (χ3n) is 3.00. The van der Waals surface area contributed by atoms with Gasteiger partial charge in [0, 0.05) is 29.3 Å². The molecule has 0 amide bonds. The largest absolute Gasteiger partial charge is 0.508 e. The summed E-state index contributed by atoms with van der Waals surface area (Å²) < 4.78 is 5.35. The van der Waals surface area contributed by atoms with E-state index in [0.29, 0.717) is 18.2 Å². The quantitative estimate of drug-likeness (QED) is 0.854. The summed E-state index contributed by atoms with van der Waals surface area (Å²) in [6, 6.07) is 5.17. The van der Waals surface area contributed by atoms with Gasteiger partial charge in [-0.15, -0.1) is 0 Å². The summed E-state index contributed by atoms with van der Waals surface area (Å²) in [7, 11) is 0. The van der Waals surface area contributed by atoms with Crippen molar-refractivity contribution in [1.82, 2.24) is 5.32 Å². The molecule has 1 unspecified atom stereocenters. The number of ether oxygens (including phenoxy) is 1. The molecule has 3 nitrogen and oxygen atoms in total. The lowest BCUT2D eigenvalue weighted by Gasteiger charge is -2.24. The van der Waals surface area contributed by atoms with Gasteiger partial charge in [-0.3, -0.25) is 0 Å². The third kappa shape index (κ3) is 2.48. The Balaban J connectivity index is 2.04. The van der Waals surface area contributed by atoms with E-state index in [4.69, 9.17) is 16.3 Å². The van der Waals surface area contributed by atoms with Crippen LogP contribution in [0.5, 0.6) is 5.75 Å². The minimum atomic E-state index is -0.00832. The Hall–Kier alpha value is -0.770. The maximum Gasteiger partial charge on any atom is 0.121 e. The average Bonchev–Trinajstić information content (AvgIpc) is 2.65. The average molecular weight is 242 g/mol. The van der Waals surface area contributed by atoms with E-state index in [1.54, 1.807) is 18.2 Å². The molecule has 2 N–H and O–H groups in total. The van der Waals surface area contributed by atoms with Gasteiger partial charge in [0.1, 0.15) is 5.75 Å². The normalized spacial score (nSPS) is 24.9. The molecule has 0 aliphatic carbocycles. The maximum absolute atomic E-state index is 9.69. The van der Waals surface area contributed by atoms with Gasteiger partial charge in [0.25, 0.3) is 0 Å². The summed E-state index contributed by atoms with van der Waals surface area (Å²) in [6.07, 6.45) is 0.984. The molecular weight excluding hydrogens is 226 g/mol. The van der Waals surface area contributed by atoms with Gasteiger partial charge < -0.3 is 15.2 Å². The molecule has 1 atom stereocenters. The second kappa shape index (κ2) is 4.62. The highest BCUT2D eigenvalue weighted by molar-refractivity contribution is 6.31. The van der Waals surface area contributed by atoms with Gasteiger partial charge in [0.05, 0.1) is 6.61 Å². The fourth-order valence-corrected chi connectivity index (χ4v) is 2.07. The van der Waals surface area contributed by atoms with E-state index < -0.39 is 0 Å². The minimum absolute atomic E-state index is 0.00832. The van der Waals surface area contributed by atoms with E-state index in [-0.39, 0.29) is 11.3 Å². The number of phenolic OH excluding ortho intramolecular Hbond substituents is 1. The zero-order valence-electron chi connectivity index (χ0n) is 9.29. The highest BCUT2D eigenvalue weighted by Crippen LogP contribution is 2.26. The van der Waals surface area contributed by atoms with Crippen molar-refractivity contribution in [3.8, 4) is 5.75 Å². The van der Waals surface area contributed by atoms with Gasteiger partial charge in [0.15, 0.2) is 0 Å². The van der Waals surface area contributed by atoms with Crippen LogP contribution >= 0.6 is 11.6 Å². The first-order valence-corrected chi connectivity index (χ1v) is 5.78. The van der Waals surface area contributed by atoms with Crippen molar-refractivity contribution in [2.24, 2.45) is 0 Å². The van der Waals surface area contributed by atoms with Crippen molar-refractivity contribution in [2.75, 3.05) is 13.2 Å². The van der Waals surface area contributed by atoms with E-state index in [9.17, 15) is 5.11 Å². The van der Waals surface area contributed by atoms with Gasteiger partial charge in [-0.05, 0) is 25.5 Å². The van der Waals surface area contributed by atoms with Crippen molar-refractivity contribution in [1.29, 1.82) is 0 Å². The number of hydrogen-bond acceptors (Lipinski definition) is 3. The molecule has 1 heterocycles. The Morgan fingerprint density at radius 2 is 2.38 bits per heavy atom. The molecule has 1 saturated heterocycles. The first-order chi connectivity index (χ1) is 7.61. The second-order valence-corrected chi connectivity index (χ2v) is 4.86. The summed E-state index contributed by atoms with van der Waals surface area (Å²) in [4.78, 5) is 0. The molecular formula is C12H16ClNO2.